The normalized spacial score (nSPS) is 24.8. The molecule has 0 aromatic carbocycles. The fourth-order valence-electron chi connectivity index (χ4n) is 3.84. The summed E-state index contributed by atoms with van der Waals surface area (Å²) in [5, 5.41) is 3.50. The molecule has 2 fully saturated rings. The van der Waals surface area contributed by atoms with Crippen molar-refractivity contribution in [1.29, 1.82) is 0 Å². The smallest absolute Gasteiger partial charge is 0.194 e. The minimum absolute atomic E-state index is 0.471. The maximum atomic E-state index is 4.94. The molecule has 140 valence electrons. The Morgan fingerprint density at radius 2 is 2.16 bits per heavy atom. The number of rotatable bonds is 7. The zero-order valence-electron chi connectivity index (χ0n) is 16.1. The van der Waals surface area contributed by atoms with E-state index < -0.39 is 0 Å². The highest BCUT2D eigenvalue weighted by molar-refractivity contribution is 5.80. The molecule has 1 aromatic heterocycles. The van der Waals surface area contributed by atoms with Gasteiger partial charge < -0.3 is 14.8 Å². The van der Waals surface area contributed by atoms with Crippen molar-refractivity contribution < 1.29 is 0 Å². The van der Waals surface area contributed by atoms with E-state index in [1.165, 1.54) is 19.3 Å². The summed E-state index contributed by atoms with van der Waals surface area (Å²) in [6, 6.07) is 1.29. The van der Waals surface area contributed by atoms with Crippen LogP contribution in [0.1, 0.15) is 46.1 Å². The van der Waals surface area contributed by atoms with Crippen LogP contribution in [0.4, 0.5) is 0 Å². The first kappa shape index (κ1) is 18.2. The van der Waals surface area contributed by atoms with Crippen LogP contribution >= 0.6 is 0 Å². The lowest BCUT2D eigenvalue weighted by Gasteiger charge is -2.39. The number of likely N-dealkylation sites (N-methyl/N-ethyl adjacent to an activating group) is 1. The highest BCUT2D eigenvalue weighted by Gasteiger charge is 2.29. The van der Waals surface area contributed by atoms with Crippen molar-refractivity contribution in [3.05, 3.63) is 18.7 Å². The van der Waals surface area contributed by atoms with Crippen LogP contribution in [0.15, 0.2) is 23.7 Å². The fraction of sp³-hybridized carbons (Fsp3) is 0.789. The SMILES string of the molecule is CCNC(=NCCN(CC)C1CC1)N1CCC(C)C(n2ccnc2)C1. The zero-order valence-corrected chi connectivity index (χ0v) is 16.1. The number of nitrogens with zero attached hydrogens (tertiary/aromatic N) is 5. The van der Waals surface area contributed by atoms with E-state index in [0.717, 1.165) is 51.3 Å². The van der Waals surface area contributed by atoms with Crippen LogP contribution in [-0.2, 0) is 0 Å². The Morgan fingerprint density at radius 3 is 2.80 bits per heavy atom. The van der Waals surface area contributed by atoms with Crippen molar-refractivity contribution in [1.82, 2.24) is 24.7 Å². The molecular weight excluding hydrogens is 312 g/mol. The van der Waals surface area contributed by atoms with E-state index in [2.05, 4.69) is 51.6 Å². The van der Waals surface area contributed by atoms with E-state index in [0.29, 0.717) is 12.0 Å². The number of aromatic nitrogens is 2. The summed E-state index contributed by atoms with van der Waals surface area (Å²) >= 11 is 0. The molecule has 1 aromatic rings. The number of likely N-dealkylation sites (tertiary alicyclic amines) is 1. The van der Waals surface area contributed by atoms with Gasteiger partial charge in [-0.05, 0) is 38.6 Å². The summed E-state index contributed by atoms with van der Waals surface area (Å²) < 4.78 is 2.26. The molecule has 2 unspecified atom stereocenters. The molecule has 3 rings (SSSR count). The van der Waals surface area contributed by atoms with Gasteiger partial charge in [0, 0.05) is 44.6 Å². The molecule has 0 radical (unpaired) electrons. The first-order chi connectivity index (χ1) is 12.2. The second-order valence-electron chi connectivity index (χ2n) is 7.38. The van der Waals surface area contributed by atoms with E-state index in [4.69, 9.17) is 4.99 Å². The number of hydrogen-bond acceptors (Lipinski definition) is 3. The minimum Gasteiger partial charge on any atom is -0.357 e. The van der Waals surface area contributed by atoms with Crippen LogP contribution in [0.3, 0.4) is 0 Å². The number of nitrogens with one attached hydrogen (secondary N) is 1. The van der Waals surface area contributed by atoms with Gasteiger partial charge in [0.05, 0.1) is 18.9 Å². The largest absolute Gasteiger partial charge is 0.357 e. The van der Waals surface area contributed by atoms with Gasteiger partial charge in [-0.15, -0.1) is 0 Å². The van der Waals surface area contributed by atoms with Gasteiger partial charge in [0.25, 0.3) is 0 Å². The van der Waals surface area contributed by atoms with Gasteiger partial charge in [-0.2, -0.15) is 0 Å². The monoisotopic (exact) mass is 346 g/mol. The van der Waals surface area contributed by atoms with E-state index in [-0.39, 0.29) is 0 Å². The lowest BCUT2D eigenvalue weighted by molar-refractivity contribution is 0.188. The molecule has 2 heterocycles. The molecule has 1 N–H and O–H groups in total. The van der Waals surface area contributed by atoms with Gasteiger partial charge in [-0.1, -0.05) is 13.8 Å². The molecule has 1 saturated carbocycles. The Balaban J connectivity index is 1.61. The number of guanidine groups is 1. The molecule has 1 aliphatic carbocycles. The Hall–Kier alpha value is -1.56. The molecule has 0 amide bonds. The lowest BCUT2D eigenvalue weighted by Crippen LogP contribution is -2.49. The maximum Gasteiger partial charge on any atom is 0.194 e. The third-order valence-corrected chi connectivity index (χ3v) is 5.58. The van der Waals surface area contributed by atoms with Gasteiger partial charge in [-0.25, -0.2) is 4.98 Å². The van der Waals surface area contributed by atoms with Gasteiger partial charge in [-0.3, -0.25) is 9.89 Å². The van der Waals surface area contributed by atoms with Crippen molar-refractivity contribution in [3.8, 4) is 0 Å². The number of piperidine rings is 1. The molecule has 6 heteroatoms. The maximum absolute atomic E-state index is 4.94. The molecule has 6 nitrogen and oxygen atoms in total. The molecular formula is C19H34N6. The number of imidazole rings is 1. The Kier molecular flexibility index (Phi) is 6.34. The standard InChI is InChI=1S/C19H34N6/c1-4-21-19(22-10-13-23(5-2)17-6-7-17)24-11-8-16(3)18(14-24)25-12-9-20-15-25/h9,12,15-18H,4-8,10-11,13-14H2,1-3H3,(H,21,22). The van der Waals surface area contributed by atoms with Gasteiger partial charge in [0.1, 0.15) is 0 Å². The fourth-order valence-corrected chi connectivity index (χ4v) is 3.84. The highest BCUT2D eigenvalue weighted by atomic mass is 15.3. The topological polar surface area (TPSA) is 48.7 Å². The Labute approximate surface area is 152 Å². The zero-order chi connectivity index (χ0) is 17.6. The Morgan fingerprint density at radius 1 is 1.32 bits per heavy atom. The van der Waals surface area contributed by atoms with Crippen molar-refractivity contribution in [3.63, 3.8) is 0 Å². The third-order valence-electron chi connectivity index (χ3n) is 5.58. The van der Waals surface area contributed by atoms with Gasteiger partial charge in [0.15, 0.2) is 5.96 Å². The molecule has 2 aliphatic rings. The van der Waals surface area contributed by atoms with Crippen LogP contribution in [0, 0.1) is 5.92 Å². The third kappa shape index (κ3) is 4.75. The highest BCUT2D eigenvalue weighted by Crippen LogP contribution is 2.28. The molecule has 0 bridgehead atoms. The van der Waals surface area contributed by atoms with Crippen LogP contribution in [-0.4, -0.2) is 70.6 Å². The Bertz CT molecular complexity index is 536. The van der Waals surface area contributed by atoms with Crippen molar-refractivity contribution in [2.45, 2.75) is 52.1 Å². The predicted octanol–water partition coefficient (Wildman–Crippen LogP) is 2.22. The molecule has 2 atom stereocenters. The number of aliphatic imine (C=N–C) groups is 1. The average molecular weight is 347 g/mol. The number of hydrogen-bond donors (Lipinski definition) is 1. The van der Waals surface area contributed by atoms with Crippen molar-refractivity contribution in [2.24, 2.45) is 10.9 Å². The summed E-state index contributed by atoms with van der Waals surface area (Å²) in [6.45, 7) is 12.9. The van der Waals surface area contributed by atoms with E-state index in [1.807, 2.05) is 12.5 Å². The average Bonchev–Trinajstić information content (AvgIpc) is 3.32. The quantitative estimate of drug-likeness (QED) is 0.607. The van der Waals surface area contributed by atoms with E-state index in [1.54, 1.807) is 0 Å². The first-order valence-corrected chi connectivity index (χ1v) is 9.97. The molecule has 0 spiro atoms. The van der Waals surface area contributed by atoms with E-state index in [9.17, 15) is 0 Å². The summed E-state index contributed by atoms with van der Waals surface area (Å²) in [4.78, 5) is 14.2. The summed E-state index contributed by atoms with van der Waals surface area (Å²) in [5.74, 6) is 1.74. The molecule has 25 heavy (non-hydrogen) atoms. The lowest BCUT2D eigenvalue weighted by atomic mass is 9.93. The summed E-state index contributed by atoms with van der Waals surface area (Å²) in [7, 11) is 0. The van der Waals surface area contributed by atoms with Crippen LogP contribution in [0.2, 0.25) is 0 Å². The van der Waals surface area contributed by atoms with Crippen molar-refractivity contribution in [2.75, 3.05) is 39.3 Å². The summed E-state index contributed by atoms with van der Waals surface area (Å²) in [5.41, 5.74) is 0. The second kappa shape index (κ2) is 8.70. The van der Waals surface area contributed by atoms with Crippen LogP contribution in [0.25, 0.3) is 0 Å². The molecule has 1 saturated heterocycles. The van der Waals surface area contributed by atoms with E-state index >= 15 is 0 Å². The minimum atomic E-state index is 0.471. The first-order valence-electron chi connectivity index (χ1n) is 9.97. The molecule has 1 aliphatic heterocycles. The van der Waals surface area contributed by atoms with Gasteiger partial charge in [0.2, 0.25) is 0 Å². The van der Waals surface area contributed by atoms with Crippen molar-refractivity contribution >= 4 is 5.96 Å². The predicted molar refractivity (Wildman–Crippen MR) is 103 cm³/mol. The summed E-state index contributed by atoms with van der Waals surface area (Å²) in [6.07, 6.45) is 9.84. The van der Waals surface area contributed by atoms with Gasteiger partial charge >= 0.3 is 0 Å². The van der Waals surface area contributed by atoms with Crippen LogP contribution in [0.5, 0.6) is 0 Å². The second-order valence-corrected chi connectivity index (χ2v) is 7.38. The van der Waals surface area contributed by atoms with Crippen LogP contribution < -0.4 is 5.32 Å².